The molecule has 3 heteroatoms. The molecule has 0 heterocycles. The monoisotopic (exact) mass is 235 g/mol. The van der Waals surface area contributed by atoms with Gasteiger partial charge in [0.05, 0.1) is 6.61 Å². The molecular weight excluding hydrogens is 214 g/mol. The standard InChI is InChI=1S/C14H21NO2/c1-4-9-17-13(16)10-15-14-11(3)7-6-8-12(14)5-2/h6-8,15H,4-5,9-10H2,1-3H3. The molecule has 0 saturated carbocycles. The summed E-state index contributed by atoms with van der Waals surface area (Å²) in [6.45, 7) is 6.86. The first kappa shape index (κ1) is 13.6. The first-order chi connectivity index (χ1) is 8.19. The molecule has 0 bridgehead atoms. The van der Waals surface area contributed by atoms with Gasteiger partial charge in [-0.15, -0.1) is 0 Å². The molecule has 0 unspecified atom stereocenters. The summed E-state index contributed by atoms with van der Waals surface area (Å²) >= 11 is 0. The Morgan fingerprint density at radius 3 is 2.76 bits per heavy atom. The van der Waals surface area contributed by atoms with E-state index < -0.39 is 0 Å². The van der Waals surface area contributed by atoms with Crippen molar-refractivity contribution in [3.05, 3.63) is 29.3 Å². The zero-order chi connectivity index (χ0) is 12.7. The zero-order valence-corrected chi connectivity index (χ0v) is 10.9. The maximum absolute atomic E-state index is 11.4. The van der Waals surface area contributed by atoms with Gasteiger partial charge in [-0.25, -0.2) is 0 Å². The number of para-hydroxylation sites is 1. The Kier molecular flexibility index (Phi) is 5.53. The molecule has 0 spiro atoms. The molecule has 1 N–H and O–H groups in total. The molecule has 0 atom stereocenters. The van der Waals surface area contributed by atoms with Crippen molar-refractivity contribution in [2.24, 2.45) is 0 Å². The molecule has 0 aliphatic rings. The number of nitrogens with one attached hydrogen (secondary N) is 1. The van der Waals surface area contributed by atoms with Gasteiger partial charge in [0.25, 0.3) is 0 Å². The van der Waals surface area contributed by atoms with Crippen LogP contribution in [0, 0.1) is 6.92 Å². The summed E-state index contributed by atoms with van der Waals surface area (Å²) < 4.78 is 5.02. The molecule has 1 aromatic rings. The van der Waals surface area contributed by atoms with E-state index in [1.807, 2.05) is 26.0 Å². The number of aryl methyl sites for hydroxylation is 2. The molecule has 17 heavy (non-hydrogen) atoms. The van der Waals surface area contributed by atoms with E-state index in [1.54, 1.807) is 0 Å². The Morgan fingerprint density at radius 1 is 1.35 bits per heavy atom. The number of carbonyl (C=O) groups excluding carboxylic acids is 1. The fraction of sp³-hybridized carbons (Fsp3) is 0.500. The average Bonchev–Trinajstić information content (AvgIpc) is 2.34. The summed E-state index contributed by atoms with van der Waals surface area (Å²) in [5.74, 6) is -0.197. The molecule has 1 rings (SSSR count). The van der Waals surface area contributed by atoms with Crippen LogP contribution >= 0.6 is 0 Å². The van der Waals surface area contributed by atoms with Crippen molar-refractivity contribution in [2.45, 2.75) is 33.6 Å². The number of anilines is 1. The molecule has 0 aliphatic carbocycles. The van der Waals surface area contributed by atoms with Crippen molar-refractivity contribution < 1.29 is 9.53 Å². The molecule has 1 aromatic carbocycles. The van der Waals surface area contributed by atoms with E-state index in [0.717, 1.165) is 24.1 Å². The normalized spacial score (nSPS) is 10.1. The number of esters is 1. The van der Waals surface area contributed by atoms with Gasteiger partial charge in [-0.05, 0) is 30.9 Å². The van der Waals surface area contributed by atoms with Crippen molar-refractivity contribution in [1.82, 2.24) is 0 Å². The number of hydrogen-bond acceptors (Lipinski definition) is 3. The lowest BCUT2D eigenvalue weighted by Gasteiger charge is -2.13. The van der Waals surface area contributed by atoms with Crippen LogP contribution in [0.1, 0.15) is 31.4 Å². The molecule has 0 fully saturated rings. The lowest BCUT2D eigenvalue weighted by Crippen LogP contribution is -2.18. The van der Waals surface area contributed by atoms with Gasteiger partial charge in [0.2, 0.25) is 0 Å². The predicted molar refractivity (Wildman–Crippen MR) is 70.3 cm³/mol. The minimum Gasteiger partial charge on any atom is -0.464 e. The molecule has 94 valence electrons. The van der Waals surface area contributed by atoms with E-state index in [1.165, 1.54) is 5.56 Å². The highest BCUT2D eigenvalue weighted by atomic mass is 16.5. The molecule has 0 saturated heterocycles. The summed E-state index contributed by atoms with van der Waals surface area (Å²) in [5.41, 5.74) is 3.45. The Balaban J connectivity index is 2.59. The minimum atomic E-state index is -0.197. The van der Waals surface area contributed by atoms with Crippen molar-refractivity contribution in [1.29, 1.82) is 0 Å². The largest absolute Gasteiger partial charge is 0.464 e. The van der Waals surface area contributed by atoms with Crippen LogP contribution in [0.25, 0.3) is 0 Å². The SMILES string of the molecule is CCCOC(=O)CNc1c(C)cccc1CC. The van der Waals surface area contributed by atoms with Crippen LogP contribution < -0.4 is 5.32 Å². The second-order valence-electron chi connectivity index (χ2n) is 4.04. The third-order valence-corrected chi connectivity index (χ3v) is 2.62. The van der Waals surface area contributed by atoms with Gasteiger partial charge in [-0.2, -0.15) is 0 Å². The second kappa shape index (κ2) is 6.94. The molecular formula is C14H21NO2. The fourth-order valence-corrected chi connectivity index (χ4v) is 1.70. The van der Waals surface area contributed by atoms with Crippen LogP contribution in [-0.4, -0.2) is 19.1 Å². The van der Waals surface area contributed by atoms with Crippen LogP contribution in [0.4, 0.5) is 5.69 Å². The van der Waals surface area contributed by atoms with E-state index in [2.05, 4.69) is 18.3 Å². The van der Waals surface area contributed by atoms with E-state index in [-0.39, 0.29) is 12.5 Å². The molecule has 0 aliphatic heterocycles. The van der Waals surface area contributed by atoms with Crippen molar-refractivity contribution in [2.75, 3.05) is 18.5 Å². The van der Waals surface area contributed by atoms with Gasteiger partial charge in [-0.3, -0.25) is 4.79 Å². The van der Waals surface area contributed by atoms with E-state index in [9.17, 15) is 4.79 Å². The van der Waals surface area contributed by atoms with Gasteiger partial charge in [0.15, 0.2) is 0 Å². The lowest BCUT2D eigenvalue weighted by atomic mass is 10.1. The highest BCUT2D eigenvalue weighted by Gasteiger charge is 2.06. The fourth-order valence-electron chi connectivity index (χ4n) is 1.70. The summed E-state index contributed by atoms with van der Waals surface area (Å²) in [6, 6.07) is 6.15. The highest BCUT2D eigenvalue weighted by Crippen LogP contribution is 2.20. The Morgan fingerprint density at radius 2 is 2.12 bits per heavy atom. The van der Waals surface area contributed by atoms with Crippen LogP contribution in [0.2, 0.25) is 0 Å². The van der Waals surface area contributed by atoms with Crippen LogP contribution in [0.15, 0.2) is 18.2 Å². The van der Waals surface area contributed by atoms with Gasteiger partial charge in [0, 0.05) is 5.69 Å². The molecule has 0 amide bonds. The molecule has 3 nitrogen and oxygen atoms in total. The van der Waals surface area contributed by atoms with Gasteiger partial charge in [-0.1, -0.05) is 32.0 Å². The number of hydrogen-bond donors (Lipinski definition) is 1. The number of benzene rings is 1. The Labute approximate surface area is 103 Å². The van der Waals surface area contributed by atoms with Gasteiger partial charge in [0.1, 0.15) is 6.54 Å². The minimum absolute atomic E-state index is 0.197. The molecule has 0 radical (unpaired) electrons. The van der Waals surface area contributed by atoms with E-state index >= 15 is 0 Å². The quantitative estimate of drug-likeness (QED) is 0.770. The predicted octanol–water partition coefficient (Wildman–Crippen LogP) is 2.92. The van der Waals surface area contributed by atoms with Crippen molar-refractivity contribution in [3.63, 3.8) is 0 Å². The van der Waals surface area contributed by atoms with Crippen molar-refractivity contribution in [3.8, 4) is 0 Å². The van der Waals surface area contributed by atoms with Crippen LogP contribution in [0.5, 0.6) is 0 Å². The van der Waals surface area contributed by atoms with Gasteiger partial charge < -0.3 is 10.1 Å². The smallest absolute Gasteiger partial charge is 0.325 e. The lowest BCUT2D eigenvalue weighted by molar-refractivity contribution is -0.141. The maximum atomic E-state index is 11.4. The maximum Gasteiger partial charge on any atom is 0.325 e. The van der Waals surface area contributed by atoms with Crippen LogP contribution in [0.3, 0.4) is 0 Å². The Hall–Kier alpha value is -1.51. The summed E-state index contributed by atoms with van der Waals surface area (Å²) in [6.07, 6.45) is 1.81. The van der Waals surface area contributed by atoms with E-state index in [4.69, 9.17) is 4.74 Å². The number of carbonyl (C=O) groups is 1. The summed E-state index contributed by atoms with van der Waals surface area (Å²) in [7, 11) is 0. The highest BCUT2D eigenvalue weighted by molar-refractivity contribution is 5.76. The third kappa shape index (κ3) is 4.10. The first-order valence-electron chi connectivity index (χ1n) is 6.17. The summed E-state index contributed by atoms with van der Waals surface area (Å²) in [5, 5.41) is 3.17. The second-order valence-corrected chi connectivity index (χ2v) is 4.04. The van der Waals surface area contributed by atoms with Crippen molar-refractivity contribution >= 4 is 11.7 Å². The average molecular weight is 235 g/mol. The number of ether oxygens (including phenoxy) is 1. The summed E-state index contributed by atoms with van der Waals surface area (Å²) in [4.78, 5) is 11.4. The third-order valence-electron chi connectivity index (χ3n) is 2.62. The first-order valence-corrected chi connectivity index (χ1v) is 6.17. The Bertz CT molecular complexity index is 374. The van der Waals surface area contributed by atoms with Gasteiger partial charge >= 0.3 is 5.97 Å². The zero-order valence-electron chi connectivity index (χ0n) is 10.9. The topological polar surface area (TPSA) is 38.3 Å². The van der Waals surface area contributed by atoms with E-state index in [0.29, 0.717) is 6.61 Å². The molecule has 0 aromatic heterocycles. The number of rotatable bonds is 6. The van der Waals surface area contributed by atoms with Crippen LogP contribution in [-0.2, 0) is 16.0 Å².